The molecule has 21 heavy (non-hydrogen) atoms. The molecule has 1 atom stereocenters. The zero-order chi connectivity index (χ0) is 15.1. The van der Waals surface area contributed by atoms with E-state index in [0.717, 1.165) is 21.9 Å². The molecule has 0 saturated heterocycles. The Morgan fingerprint density at radius 1 is 1.14 bits per heavy atom. The van der Waals surface area contributed by atoms with E-state index in [9.17, 15) is 0 Å². The van der Waals surface area contributed by atoms with Gasteiger partial charge in [0.15, 0.2) is 0 Å². The molecule has 1 unspecified atom stereocenters. The Balaban J connectivity index is 2.12. The highest BCUT2D eigenvalue weighted by atomic mass is 35.5. The number of hydrogen-bond acceptors (Lipinski definition) is 3. The lowest BCUT2D eigenvalue weighted by Gasteiger charge is -2.20. The summed E-state index contributed by atoms with van der Waals surface area (Å²) in [6, 6.07) is 15.6. The van der Waals surface area contributed by atoms with Crippen LogP contribution in [0, 0.1) is 0 Å². The predicted octanol–water partition coefficient (Wildman–Crippen LogP) is 3.83. The Hall–Kier alpha value is -1.55. The fraction of sp³-hybridized carbons (Fsp3) is 0.294. The molecule has 0 spiro atoms. The van der Waals surface area contributed by atoms with Gasteiger partial charge in [-0.25, -0.2) is 0 Å². The number of benzene rings is 2. The first-order valence-corrected chi connectivity index (χ1v) is 7.26. The molecule has 112 valence electrons. The monoisotopic (exact) mass is 305 g/mol. The van der Waals surface area contributed by atoms with Crippen LogP contribution in [0.25, 0.3) is 0 Å². The van der Waals surface area contributed by atoms with Crippen LogP contribution in [-0.4, -0.2) is 20.7 Å². The number of likely N-dealkylation sites (N-methyl/N-ethyl adjacent to an activating group) is 1. The van der Waals surface area contributed by atoms with Crippen molar-refractivity contribution in [2.24, 2.45) is 0 Å². The summed E-state index contributed by atoms with van der Waals surface area (Å²) in [5.74, 6) is 0.837. The van der Waals surface area contributed by atoms with E-state index in [-0.39, 0.29) is 6.10 Å². The van der Waals surface area contributed by atoms with E-state index in [1.807, 2.05) is 55.6 Å². The maximum absolute atomic E-state index is 6.05. The number of rotatable bonds is 7. The van der Waals surface area contributed by atoms with Gasteiger partial charge in [-0.05, 0) is 30.8 Å². The number of ether oxygens (including phenoxy) is 2. The first kappa shape index (κ1) is 15.8. The minimum absolute atomic E-state index is 0.0786. The van der Waals surface area contributed by atoms with E-state index in [2.05, 4.69) is 5.32 Å². The Kier molecular flexibility index (Phi) is 6.05. The van der Waals surface area contributed by atoms with Crippen molar-refractivity contribution < 1.29 is 9.47 Å². The Morgan fingerprint density at radius 3 is 2.67 bits per heavy atom. The van der Waals surface area contributed by atoms with Crippen molar-refractivity contribution in [3.05, 3.63) is 64.7 Å². The third-order valence-corrected chi connectivity index (χ3v) is 3.45. The van der Waals surface area contributed by atoms with Crippen molar-refractivity contribution in [1.29, 1.82) is 0 Å². The van der Waals surface area contributed by atoms with Crippen molar-refractivity contribution in [1.82, 2.24) is 5.32 Å². The van der Waals surface area contributed by atoms with Gasteiger partial charge in [-0.15, -0.1) is 0 Å². The zero-order valence-corrected chi connectivity index (χ0v) is 13.1. The molecule has 3 nitrogen and oxygen atoms in total. The summed E-state index contributed by atoms with van der Waals surface area (Å²) in [7, 11) is 3.58. The second-order valence-electron chi connectivity index (χ2n) is 4.73. The van der Waals surface area contributed by atoms with E-state index < -0.39 is 0 Å². The van der Waals surface area contributed by atoms with Gasteiger partial charge in [0.25, 0.3) is 0 Å². The summed E-state index contributed by atoms with van der Waals surface area (Å²) in [6.45, 7) is 1.21. The Labute approximate surface area is 130 Å². The fourth-order valence-corrected chi connectivity index (χ4v) is 2.41. The SMILES string of the molecule is CNCC(OCc1cccc(Cl)c1)c1ccccc1OC. The van der Waals surface area contributed by atoms with Crippen LogP contribution in [0.5, 0.6) is 5.75 Å². The minimum atomic E-state index is -0.0786. The van der Waals surface area contributed by atoms with Crippen molar-refractivity contribution >= 4 is 11.6 Å². The zero-order valence-electron chi connectivity index (χ0n) is 12.3. The van der Waals surface area contributed by atoms with Gasteiger partial charge in [0.2, 0.25) is 0 Å². The smallest absolute Gasteiger partial charge is 0.124 e. The lowest BCUT2D eigenvalue weighted by atomic mass is 10.1. The number of hydrogen-bond donors (Lipinski definition) is 1. The molecular weight excluding hydrogens is 286 g/mol. The average molecular weight is 306 g/mol. The molecule has 4 heteroatoms. The summed E-state index contributed by atoms with van der Waals surface area (Å²) in [5, 5.41) is 3.88. The highest BCUT2D eigenvalue weighted by Crippen LogP contribution is 2.28. The summed E-state index contributed by atoms with van der Waals surface area (Å²) in [4.78, 5) is 0. The van der Waals surface area contributed by atoms with E-state index in [0.29, 0.717) is 13.2 Å². The van der Waals surface area contributed by atoms with Gasteiger partial charge in [0.1, 0.15) is 5.75 Å². The number of halogens is 1. The molecule has 0 amide bonds. The first-order valence-electron chi connectivity index (χ1n) is 6.88. The van der Waals surface area contributed by atoms with Gasteiger partial charge >= 0.3 is 0 Å². The third kappa shape index (κ3) is 4.46. The quantitative estimate of drug-likeness (QED) is 0.843. The lowest BCUT2D eigenvalue weighted by molar-refractivity contribution is 0.0395. The standard InChI is InChI=1S/C17H20ClNO2/c1-19-11-17(15-8-3-4-9-16(15)20-2)21-12-13-6-5-7-14(18)10-13/h3-10,17,19H,11-12H2,1-2H3. The summed E-state index contributed by atoms with van der Waals surface area (Å²) in [5.41, 5.74) is 2.09. The van der Waals surface area contributed by atoms with Crippen LogP contribution in [-0.2, 0) is 11.3 Å². The highest BCUT2D eigenvalue weighted by Gasteiger charge is 2.15. The topological polar surface area (TPSA) is 30.5 Å². The minimum Gasteiger partial charge on any atom is -0.496 e. The van der Waals surface area contributed by atoms with Crippen LogP contribution in [0.1, 0.15) is 17.2 Å². The molecule has 0 radical (unpaired) electrons. The van der Waals surface area contributed by atoms with E-state index in [4.69, 9.17) is 21.1 Å². The average Bonchev–Trinajstić information content (AvgIpc) is 2.51. The first-order chi connectivity index (χ1) is 10.2. The maximum atomic E-state index is 6.05. The molecule has 0 aromatic heterocycles. The molecule has 0 aliphatic rings. The van der Waals surface area contributed by atoms with Gasteiger partial charge in [0.05, 0.1) is 19.8 Å². The normalized spacial score (nSPS) is 12.1. The molecule has 1 N–H and O–H groups in total. The largest absolute Gasteiger partial charge is 0.496 e. The van der Waals surface area contributed by atoms with Gasteiger partial charge < -0.3 is 14.8 Å². The summed E-state index contributed by atoms with van der Waals surface area (Å²) >= 11 is 6.00. The van der Waals surface area contributed by atoms with Gasteiger partial charge in [-0.1, -0.05) is 41.9 Å². The Bertz CT molecular complexity index is 574. The molecule has 0 saturated carbocycles. The van der Waals surface area contributed by atoms with E-state index in [1.54, 1.807) is 7.11 Å². The van der Waals surface area contributed by atoms with E-state index >= 15 is 0 Å². The van der Waals surface area contributed by atoms with Crippen LogP contribution in [0.2, 0.25) is 5.02 Å². The van der Waals surface area contributed by atoms with Crippen molar-refractivity contribution in [3.63, 3.8) is 0 Å². The molecule has 0 bridgehead atoms. The lowest BCUT2D eigenvalue weighted by Crippen LogP contribution is -2.20. The van der Waals surface area contributed by atoms with Crippen LogP contribution < -0.4 is 10.1 Å². The van der Waals surface area contributed by atoms with Crippen molar-refractivity contribution in [2.45, 2.75) is 12.7 Å². The summed E-state index contributed by atoms with van der Waals surface area (Å²) < 4.78 is 11.5. The van der Waals surface area contributed by atoms with Crippen LogP contribution in [0.4, 0.5) is 0 Å². The highest BCUT2D eigenvalue weighted by molar-refractivity contribution is 6.30. The van der Waals surface area contributed by atoms with Gasteiger partial charge in [-0.2, -0.15) is 0 Å². The molecule has 0 aliphatic heterocycles. The molecular formula is C17H20ClNO2. The van der Waals surface area contributed by atoms with Crippen molar-refractivity contribution in [3.8, 4) is 5.75 Å². The van der Waals surface area contributed by atoms with Crippen LogP contribution in [0.15, 0.2) is 48.5 Å². The van der Waals surface area contributed by atoms with E-state index in [1.165, 1.54) is 0 Å². The van der Waals surface area contributed by atoms with Crippen LogP contribution >= 0.6 is 11.6 Å². The Morgan fingerprint density at radius 2 is 1.95 bits per heavy atom. The number of nitrogens with one attached hydrogen (secondary N) is 1. The molecule has 0 heterocycles. The predicted molar refractivity (Wildman–Crippen MR) is 85.9 cm³/mol. The van der Waals surface area contributed by atoms with Crippen molar-refractivity contribution in [2.75, 3.05) is 20.7 Å². The molecule has 2 rings (SSSR count). The second kappa shape index (κ2) is 8.03. The summed E-state index contributed by atoms with van der Waals surface area (Å²) in [6.07, 6.45) is -0.0786. The van der Waals surface area contributed by atoms with Gasteiger partial charge in [0, 0.05) is 17.1 Å². The van der Waals surface area contributed by atoms with Gasteiger partial charge in [-0.3, -0.25) is 0 Å². The van der Waals surface area contributed by atoms with Crippen LogP contribution in [0.3, 0.4) is 0 Å². The number of methoxy groups -OCH3 is 1. The third-order valence-electron chi connectivity index (χ3n) is 3.22. The molecule has 2 aromatic rings. The fourth-order valence-electron chi connectivity index (χ4n) is 2.20. The second-order valence-corrected chi connectivity index (χ2v) is 5.17. The number of para-hydroxylation sites is 1. The maximum Gasteiger partial charge on any atom is 0.124 e. The molecule has 2 aromatic carbocycles. The molecule has 0 aliphatic carbocycles. The molecule has 0 fully saturated rings.